The number of ether oxygens (including phenoxy) is 1. The molecule has 0 saturated carbocycles. The summed E-state index contributed by atoms with van der Waals surface area (Å²) in [5.41, 5.74) is 9.59. The van der Waals surface area contributed by atoms with Crippen molar-refractivity contribution in [1.29, 1.82) is 5.26 Å². The molecule has 1 heterocycles. The van der Waals surface area contributed by atoms with E-state index < -0.39 is 35.5 Å². The zero-order chi connectivity index (χ0) is 23.2. The number of carbonyl (C=O) groups is 2. The van der Waals surface area contributed by atoms with Crippen molar-refractivity contribution in [3.63, 3.8) is 0 Å². The van der Waals surface area contributed by atoms with Crippen LogP contribution in [0.1, 0.15) is 24.0 Å². The first-order valence-corrected chi connectivity index (χ1v) is 9.83. The fraction of sp³-hybridized carbons (Fsp3) is 0.278. The number of nitriles is 1. The number of rotatable bonds is 8. The van der Waals surface area contributed by atoms with Crippen LogP contribution in [0.5, 0.6) is 5.88 Å². The second-order valence-electron chi connectivity index (χ2n) is 6.08. The summed E-state index contributed by atoms with van der Waals surface area (Å²) in [6.07, 6.45) is -3.39. The minimum atomic E-state index is -4.59. The SMILES string of the molecule is CSc1nc(N)nc(OC(=O)[C@H](CCC(N)=O)Nc2cccc(C(F)(F)F)c2)c1C#N. The Morgan fingerprint density at radius 1 is 1.35 bits per heavy atom. The molecule has 0 unspecified atom stereocenters. The second kappa shape index (κ2) is 9.98. The molecule has 13 heteroatoms. The standard InChI is InChI=1S/C18H17F3N6O3S/c1-31-15-11(8-22)14(26-17(24)27-15)30-16(29)12(5-6-13(23)28)25-10-4-2-3-9(7-10)18(19,20)21/h2-4,7,12,25H,5-6H2,1H3,(H2,23,28)(H2,24,26,27)/t12-/m0/s1. The number of thioether (sulfide) groups is 1. The van der Waals surface area contributed by atoms with Crippen molar-refractivity contribution in [2.75, 3.05) is 17.3 Å². The number of benzene rings is 1. The molecule has 1 atom stereocenters. The predicted octanol–water partition coefficient (Wildman–Crippen LogP) is 2.32. The van der Waals surface area contributed by atoms with Crippen LogP contribution in [0, 0.1) is 11.3 Å². The van der Waals surface area contributed by atoms with Gasteiger partial charge in [0.15, 0.2) is 0 Å². The monoisotopic (exact) mass is 454 g/mol. The highest BCUT2D eigenvalue weighted by Gasteiger charge is 2.31. The number of carbonyl (C=O) groups excluding carboxylic acids is 2. The van der Waals surface area contributed by atoms with Gasteiger partial charge in [-0.3, -0.25) is 4.79 Å². The zero-order valence-electron chi connectivity index (χ0n) is 16.1. The number of anilines is 2. The summed E-state index contributed by atoms with van der Waals surface area (Å²) in [5.74, 6) is -2.37. The molecule has 0 fully saturated rings. The normalized spacial score (nSPS) is 12.0. The number of alkyl halides is 3. The highest BCUT2D eigenvalue weighted by molar-refractivity contribution is 7.98. The number of esters is 1. The average Bonchev–Trinajstić information content (AvgIpc) is 2.70. The van der Waals surface area contributed by atoms with Crippen LogP contribution in [0.2, 0.25) is 0 Å². The van der Waals surface area contributed by atoms with Gasteiger partial charge in [-0.2, -0.15) is 23.4 Å². The van der Waals surface area contributed by atoms with Gasteiger partial charge >= 0.3 is 12.1 Å². The molecule has 0 aliphatic carbocycles. The van der Waals surface area contributed by atoms with Crippen molar-refractivity contribution in [3.8, 4) is 11.9 Å². The molecule has 0 aliphatic heterocycles. The number of nitrogens with one attached hydrogen (secondary N) is 1. The summed E-state index contributed by atoms with van der Waals surface area (Å²) in [4.78, 5) is 31.5. The summed E-state index contributed by atoms with van der Waals surface area (Å²) < 4.78 is 44.1. The number of hydrogen-bond acceptors (Lipinski definition) is 9. The van der Waals surface area contributed by atoms with E-state index in [0.29, 0.717) is 0 Å². The molecule has 0 bridgehead atoms. The third-order valence-corrected chi connectivity index (χ3v) is 4.54. The number of halogens is 3. The predicted molar refractivity (Wildman–Crippen MR) is 106 cm³/mol. The van der Waals surface area contributed by atoms with E-state index in [1.807, 2.05) is 6.07 Å². The lowest BCUT2D eigenvalue weighted by Gasteiger charge is -2.19. The first-order valence-electron chi connectivity index (χ1n) is 8.60. The minimum Gasteiger partial charge on any atom is -0.404 e. The topological polar surface area (TPSA) is 157 Å². The molecule has 0 aliphatic rings. The van der Waals surface area contributed by atoms with E-state index in [-0.39, 0.29) is 35.1 Å². The zero-order valence-corrected chi connectivity index (χ0v) is 16.9. The lowest BCUT2D eigenvalue weighted by atomic mass is 10.1. The van der Waals surface area contributed by atoms with Gasteiger partial charge in [0.2, 0.25) is 17.7 Å². The van der Waals surface area contributed by atoms with Gasteiger partial charge in [-0.05, 0) is 30.9 Å². The maximum Gasteiger partial charge on any atom is 0.416 e. The van der Waals surface area contributed by atoms with Crippen molar-refractivity contribution >= 4 is 35.3 Å². The molecule has 2 rings (SSSR count). The van der Waals surface area contributed by atoms with Crippen LogP contribution in [0.15, 0.2) is 29.3 Å². The number of nitrogen functional groups attached to an aromatic ring is 1. The van der Waals surface area contributed by atoms with E-state index in [4.69, 9.17) is 16.2 Å². The molecule has 31 heavy (non-hydrogen) atoms. The highest BCUT2D eigenvalue weighted by Crippen LogP contribution is 2.31. The number of aromatic nitrogens is 2. The molecule has 1 aromatic heterocycles. The van der Waals surface area contributed by atoms with Crippen LogP contribution in [-0.2, 0) is 15.8 Å². The number of amides is 1. The first-order chi connectivity index (χ1) is 14.5. The van der Waals surface area contributed by atoms with Crippen LogP contribution < -0.4 is 21.5 Å². The van der Waals surface area contributed by atoms with Crippen molar-refractivity contribution in [2.45, 2.75) is 30.1 Å². The van der Waals surface area contributed by atoms with E-state index in [1.165, 1.54) is 6.07 Å². The van der Waals surface area contributed by atoms with E-state index in [0.717, 1.165) is 30.0 Å². The molecule has 2 aromatic rings. The fourth-order valence-corrected chi connectivity index (χ4v) is 2.96. The Bertz CT molecular complexity index is 1030. The molecule has 0 saturated heterocycles. The van der Waals surface area contributed by atoms with Crippen molar-refractivity contribution in [3.05, 3.63) is 35.4 Å². The summed E-state index contributed by atoms with van der Waals surface area (Å²) in [6.45, 7) is 0. The Morgan fingerprint density at radius 2 is 2.06 bits per heavy atom. The quantitative estimate of drug-likeness (QED) is 0.309. The Kier molecular flexibility index (Phi) is 7.65. The number of primary amides is 1. The van der Waals surface area contributed by atoms with Gasteiger partial charge in [-0.25, -0.2) is 9.78 Å². The summed E-state index contributed by atoms with van der Waals surface area (Å²) in [7, 11) is 0. The van der Waals surface area contributed by atoms with Gasteiger partial charge in [-0.1, -0.05) is 6.07 Å². The summed E-state index contributed by atoms with van der Waals surface area (Å²) >= 11 is 1.08. The Labute approximate surface area is 179 Å². The third kappa shape index (κ3) is 6.48. The molecule has 164 valence electrons. The lowest BCUT2D eigenvalue weighted by Crippen LogP contribution is -2.35. The van der Waals surface area contributed by atoms with Gasteiger partial charge in [0.05, 0.1) is 5.56 Å². The van der Waals surface area contributed by atoms with Crippen molar-refractivity contribution in [2.24, 2.45) is 5.73 Å². The van der Waals surface area contributed by atoms with Gasteiger partial charge in [0.1, 0.15) is 22.7 Å². The number of nitrogens with two attached hydrogens (primary N) is 2. The largest absolute Gasteiger partial charge is 0.416 e. The van der Waals surface area contributed by atoms with E-state index >= 15 is 0 Å². The van der Waals surface area contributed by atoms with Crippen LogP contribution >= 0.6 is 11.8 Å². The third-order valence-electron chi connectivity index (χ3n) is 3.86. The molecule has 9 nitrogen and oxygen atoms in total. The smallest absolute Gasteiger partial charge is 0.404 e. The molecule has 0 spiro atoms. The highest BCUT2D eigenvalue weighted by atomic mass is 32.2. The van der Waals surface area contributed by atoms with Crippen molar-refractivity contribution < 1.29 is 27.5 Å². The maximum atomic E-state index is 13.0. The van der Waals surface area contributed by atoms with E-state index in [9.17, 15) is 28.0 Å². The van der Waals surface area contributed by atoms with Crippen molar-refractivity contribution in [1.82, 2.24) is 9.97 Å². The number of nitrogens with zero attached hydrogens (tertiary/aromatic N) is 3. The Hall–Kier alpha value is -3.53. The molecule has 1 amide bonds. The Morgan fingerprint density at radius 3 is 2.65 bits per heavy atom. The van der Waals surface area contributed by atoms with Gasteiger partial charge in [-0.15, -0.1) is 11.8 Å². The van der Waals surface area contributed by atoms with Crippen LogP contribution in [-0.4, -0.2) is 34.1 Å². The molecule has 5 N–H and O–H groups in total. The van der Waals surface area contributed by atoms with E-state index in [2.05, 4.69) is 15.3 Å². The lowest BCUT2D eigenvalue weighted by molar-refractivity contribution is -0.137. The van der Waals surface area contributed by atoms with Gasteiger partial charge in [0.25, 0.3) is 0 Å². The number of hydrogen-bond donors (Lipinski definition) is 3. The summed E-state index contributed by atoms with van der Waals surface area (Å²) in [6, 6.07) is 4.69. The van der Waals surface area contributed by atoms with Crippen LogP contribution in [0.25, 0.3) is 0 Å². The van der Waals surface area contributed by atoms with Crippen LogP contribution in [0.4, 0.5) is 24.8 Å². The average molecular weight is 454 g/mol. The summed E-state index contributed by atoms with van der Waals surface area (Å²) in [5, 5.41) is 12.1. The van der Waals surface area contributed by atoms with Crippen LogP contribution in [0.3, 0.4) is 0 Å². The molecule has 0 radical (unpaired) electrons. The van der Waals surface area contributed by atoms with Gasteiger partial charge < -0.3 is 21.5 Å². The maximum absolute atomic E-state index is 13.0. The Balaban J connectivity index is 2.32. The molecular weight excluding hydrogens is 437 g/mol. The minimum absolute atomic E-state index is 0.0336. The first kappa shape index (κ1) is 23.7. The van der Waals surface area contributed by atoms with E-state index in [1.54, 1.807) is 6.26 Å². The molecule has 1 aromatic carbocycles. The fourth-order valence-electron chi connectivity index (χ4n) is 2.44. The molecular formula is C18H17F3N6O3S. The van der Waals surface area contributed by atoms with Gasteiger partial charge in [0, 0.05) is 12.1 Å². The second-order valence-corrected chi connectivity index (χ2v) is 6.88.